The largest absolute Gasteiger partial charge is 0.508 e. The Hall–Kier alpha value is -4.55. The molecule has 12 heteroatoms. The summed E-state index contributed by atoms with van der Waals surface area (Å²) < 4.78 is 12.3. The number of carbonyl (C=O) groups excluding carboxylic acids is 3. The summed E-state index contributed by atoms with van der Waals surface area (Å²) in [6.45, 7) is -0.293. The fraction of sp³-hybridized carbons (Fsp3) is 0.200. The van der Waals surface area contributed by atoms with Gasteiger partial charge in [0.15, 0.2) is 11.5 Å². The summed E-state index contributed by atoms with van der Waals surface area (Å²) in [5.41, 5.74) is 1.62. The van der Waals surface area contributed by atoms with Gasteiger partial charge in [-0.1, -0.05) is 47.4 Å². The second-order valence-electron chi connectivity index (χ2n) is 9.72. The number of rotatable bonds is 7. The lowest BCUT2D eigenvalue weighted by molar-refractivity contribution is -0.122. The molecule has 3 atom stereocenters. The molecule has 1 fully saturated rings. The maximum absolute atomic E-state index is 14.0. The van der Waals surface area contributed by atoms with E-state index in [1.165, 1.54) is 35.8 Å². The first-order chi connectivity index (χ1) is 20.3. The van der Waals surface area contributed by atoms with Crippen molar-refractivity contribution in [2.75, 3.05) is 24.4 Å². The summed E-state index contributed by atoms with van der Waals surface area (Å²) >= 11 is 2.11. The van der Waals surface area contributed by atoms with Crippen molar-refractivity contribution in [3.05, 3.63) is 92.9 Å². The Labute approximate surface area is 248 Å². The van der Waals surface area contributed by atoms with E-state index in [1.807, 2.05) is 6.07 Å². The van der Waals surface area contributed by atoms with Crippen molar-refractivity contribution in [2.24, 2.45) is 5.92 Å². The van der Waals surface area contributed by atoms with Crippen LogP contribution in [0.5, 0.6) is 17.2 Å². The molecule has 214 valence electrons. The van der Waals surface area contributed by atoms with Crippen LogP contribution >= 0.6 is 23.1 Å². The van der Waals surface area contributed by atoms with Crippen LogP contribution in [0.3, 0.4) is 0 Å². The second kappa shape index (κ2) is 11.0. The van der Waals surface area contributed by atoms with Gasteiger partial charge in [-0.15, -0.1) is 0 Å². The van der Waals surface area contributed by atoms with Crippen LogP contribution in [-0.2, 0) is 20.9 Å². The van der Waals surface area contributed by atoms with E-state index in [1.54, 1.807) is 54.6 Å². The third kappa shape index (κ3) is 4.72. The summed E-state index contributed by atoms with van der Waals surface area (Å²) in [6, 6.07) is 20.0. The minimum Gasteiger partial charge on any atom is -0.508 e. The van der Waals surface area contributed by atoms with Crippen LogP contribution in [-0.4, -0.2) is 46.9 Å². The molecule has 0 aliphatic carbocycles. The van der Waals surface area contributed by atoms with Gasteiger partial charge in [0.2, 0.25) is 17.7 Å². The van der Waals surface area contributed by atoms with Crippen molar-refractivity contribution in [3.63, 3.8) is 0 Å². The van der Waals surface area contributed by atoms with Crippen LogP contribution in [0.1, 0.15) is 16.4 Å². The smallest absolute Gasteiger partial charge is 0.308 e. The molecule has 3 heterocycles. The number of hydrogen-bond acceptors (Lipinski definition) is 9. The molecule has 10 nitrogen and oxygen atoms in total. The molecule has 0 saturated carbocycles. The highest BCUT2D eigenvalue weighted by molar-refractivity contribution is 8.00. The minimum atomic E-state index is -0.816. The number of aromatic nitrogens is 1. The average Bonchev–Trinajstić information content (AvgIpc) is 3.44. The number of benzene rings is 3. The molecule has 1 aromatic heterocycles. The van der Waals surface area contributed by atoms with Crippen molar-refractivity contribution in [1.82, 2.24) is 4.57 Å². The highest BCUT2D eigenvalue weighted by Crippen LogP contribution is 2.54. The molecule has 0 unspecified atom stereocenters. The summed E-state index contributed by atoms with van der Waals surface area (Å²) in [6.07, 6.45) is 0. The third-order valence-electron chi connectivity index (χ3n) is 7.28. The van der Waals surface area contributed by atoms with Crippen molar-refractivity contribution in [2.45, 2.75) is 22.7 Å². The lowest BCUT2D eigenvalue weighted by Gasteiger charge is -2.31. The van der Waals surface area contributed by atoms with Gasteiger partial charge in [-0.3, -0.25) is 23.7 Å². The number of imide groups is 1. The van der Waals surface area contributed by atoms with Crippen molar-refractivity contribution in [1.29, 1.82) is 0 Å². The summed E-state index contributed by atoms with van der Waals surface area (Å²) in [5, 5.41) is 11.9. The Morgan fingerprint density at radius 1 is 0.929 bits per heavy atom. The number of thioether (sulfide) groups is 1. The number of thiazole rings is 1. The molecule has 6 rings (SSSR count). The van der Waals surface area contributed by atoms with Crippen molar-refractivity contribution in [3.8, 4) is 17.2 Å². The first kappa shape index (κ1) is 27.6. The normalized spacial score (nSPS) is 19.3. The number of phenols is 1. The standard InChI is InChI=1S/C30H25N3O7S2/c1-39-20-13-8-16(14-21(20)40-2)23-24-25(28(37)33(27(24)36)18-6-4-3-5-7-18)41-29-26(23)42-30(38)32(29)15-22(35)31-17-9-11-19(34)12-10-17/h3-14,23-25,34H,15H2,1-2H3,(H,31,35)/t23-,24-,25+/m0/s1. The monoisotopic (exact) mass is 603 g/mol. The molecule has 42 heavy (non-hydrogen) atoms. The zero-order chi connectivity index (χ0) is 29.5. The maximum Gasteiger partial charge on any atom is 0.308 e. The van der Waals surface area contributed by atoms with Crippen molar-refractivity contribution < 1.29 is 29.0 Å². The Kier molecular flexibility index (Phi) is 7.25. The van der Waals surface area contributed by atoms with Gasteiger partial charge >= 0.3 is 4.87 Å². The number of para-hydroxylation sites is 1. The van der Waals surface area contributed by atoms with Crippen LogP contribution in [0, 0.1) is 5.92 Å². The molecule has 0 bridgehead atoms. The van der Waals surface area contributed by atoms with E-state index in [-0.39, 0.29) is 29.0 Å². The van der Waals surface area contributed by atoms with Gasteiger partial charge in [-0.2, -0.15) is 0 Å². The van der Waals surface area contributed by atoms with E-state index in [4.69, 9.17) is 9.47 Å². The molecule has 1 saturated heterocycles. The number of amides is 3. The second-order valence-corrected chi connectivity index (χ2v) is 11.8. The number of aromatic hydroxyl groups is 1. The summed E-state index contributed by atoms with van der Waals surface area (Å²) in [7, 11) is 3.03. The number of nitrogens with zero attached hydrogens (tertiary/aromatic N) is 2. The number of nitrogens with one attached hydrogen (secondary N) is 1. The Morgan fingerprint density at radius 2 is 1.64 bits per heavy atom. The number of anilines is 2. The van der Waals surface area contributed by atoms with Gasteiger partial charge < -0.3 is 19.9 Å². The number of methoxy groups -OCH3 is 2. The number of carbonyl (C=O) groups is 3. The summed E-state index contributed by atoms with van der Waals surface area (Å²) in [4.78, 5) is 55.6. The first-order valence-corrected chi connectivity index (χ1v) is 14.6. The van der Waals surface area contributed by atoms with Crippen LogP contribution in [0.25, 0.3) is 0 Å². The lowest BCUT2D eigenvalue weighted by Crippen LogP contribution is -2.33. The predicted octanol–water partition coefficient (Wildman–Crippen LogP) is 4.07. The molecular weight excluding hydrogens is 578 g/mol. The lowest BCUT2D eigenvalue weighted by atomic mass is 9.83. The minimum absolute atomic E-state index is 0.0589. The van der Waals surface area contributed by atoms with E-state index in [0.717, 1.165) is 23.1 Å². The quantitative estimate of drug-likeness (QED) is 0.239. The van der Waals surface area contributed by atoms with E-state index in [0.29, 0.717) is 38.3 Å². The highest BCUT2D eigenvalue weighted by atomic mass is 32.2. The molecule has 0 radical (unpaired) electrons. The van der Waals surface area contributed by atoms with Crippen LogP contribution < -0.4 is 24.6 Å². The number of phenolic OH excluding ortho intramolecular Hbond substituents is 1. The number of fused-ring (bicyclic) bond motifs is 2. The zero-order valence-corrected chi connectivity index (χ0v) is 24.1. The van der Waals surface area contributed by atoms with Gasteiger partial charge in [0, 0.05) is 16.5 Å². The topological polar surface area (TPSA) is 127 Å². The fourth-order valence-corrected chi connectivity index (χ4v) is 8.15. The highest BCUT2D eigenvalue weighted by Gasteiger charge is 2.57. The molecule has 4 aromatic rings. The van der Waals surface area contributed by atoms with E-state index >= 15 is 0 Å². The molecule has 2 aliphatic rings. The Morgan fingerprint density at radius 3 is 2.33 bits per heavy atom. The van der Waals surface area contributed by atoms with Gasteiger partial charge in [0.25, 0.3) is 0 Å². The van der Waals surface area contributed by atoms with E-state index < -0.39 is 23.0 Å². The van der Waals surface area contributed by atoms with Gasteiger partial charge in [-0.05, 0) is 54.1 Å². The third-order valence-corrected chi connectivity index (χ3v) is 9.89. The molecule has 3 amide bonds. The van der Waals surface area contributed by atoms with Crippen LogP contribution in [0.2, 0.25) is 0 Å². The molecule has 0 spiro atoms. The predicted molar refractivity (Wildman–Crippen MR) is 159 cm³/mol. The van der Waals surface area contributed by atoms with Gasteiger partial charge in [-0.25, -0.2) is 4.90 Å². The molecule has 3 aromatic carbocycles. The summed E-state index contributed by atoms with van der Waals surface area (Å²) in [5.74, 6) is -1.61. The first-order valence-electron chi connectivity index (χ1n) is 12.9. The Balaban J connectivity index is 1.43. The molecule has 2 N–H and O–H groups in total. The Bertz CT molecular complexity index is 1750. The van der Waals surface area contributed by atoms with Gasteiger partial charge in [0.05, 0.1) is 30.9 Å². The fourth-order valence-electron chi connectivity index (χ4n) is 5.38. The maximum atomic E-state index is 14.0. The zero-order valence-electron chi connectivity index (χ0n) is 22.5. The van der Waals surface area contributed by atoms with E-state index in [9.17, 15) is 24.3 Å². The number of ether oxygens (including phenoxy) is 2. The van der Waals surface area contributed by atoms with Crippen molar-refractivity contribution >= 4 is 52.2 Å². The number of hydrogen-bond donors (Lipinski definition) is 2. The SMILES string of the molecule is COc1ccc([C@@H]2c3sc(=O)n(CC(=O)Nc4ccc(O)cc4)c3S[C@H]3C(=O)N(c4ccccc4)C(=O)[C@@H]23)cc1OC. The van der Waals surface area contributed by atoms with Crippen LogP contribution in [0.15, 0.2) is 82.6 Å². The molecular formula is C30H25N3O7S2. The average molecular weight is 604 g/mol. The van der Waals surface area contributed by atoms with Gasteiger partial charge in [0.1, 0.15) is 17.5 Å². The van der Waals surface area contributed by atoms with E-state index in [2.05, 4.69) is 5.32 Å². The molecule has 2 aliphatic heterocycles. The van der Waals surface area contributed by atoms with Crippen LogP contribution in [0.4, 0.5) is 11.4 Å².